The van der Waals surface area contributed by atoms with Crippen molar-refractivity contribution in [3.8, 4) is 11.5 Å². The van der Waals surface area contributed by atoms with Crippen molar-refractivity contribution < 1.29 is 32.5 Å². The van der Waals surface area contributed by atoms with Gasteiger partial charge in [-0.2, -0.15) is 18.3 Å². The number of rotatable bonds is 12. The van der Waals surface area contributed by atoms with Gasteiger partial charge >= 0.3 is 6.18 Å². The topological polar surface area (TPSA) is 98.7 Å². The molecule has 0 saturated carbocycles. The van der Waals surface area contributed by atoms with E-state index < -0.39 is 17.8 Å². The number of thioether (sulfide) groups is 1. The minimum atomic E-state index is -4.62. The number of hydrogen-bond donors (Lipinski definition) is 2. The van der Waals surface area contributed by atoms with Crippen LogP contribution in [-0.4, -0.2) is 62.2 Å². The van der Waals surface area contributed by atoms with E-state index in [1.807, 2.05) is 24.3 Å². The normalized spacial score (nSPS) is 13.3. The number of aliphatic hydroxyl groups excluding tert-OH is 1. The van der Waals surface area contributed by atoms with Gasteiger partial charge in [0.15, 0.2) is 0 Å². The van der Waals surface area contributed by atoms with Crippen LogP contribution in [0.15, 0.2) is 52.7 Å². The summed E-state index contributed by atoms with van der Waals surface area (Å²) >= 11 is 1.13. The van der Waals surface area contributed by atoms with Crippen LogP contribution in [0, 0.1) is 0 Å². The zero-order valence-electron chi connectivity index (χ0n) is 18.9. The molecular weight excluding hydrogens is 471 g/mol. The molecule has 0 spiro atoms. The molecule has 11 heteroatoms. The Bertz CT molecular complexity index is 971. The van der Waals surface area contributed by atoms with Crippen LogP contribution < -0.4 is 15.2 Å². The number of nitrogens with zero attached hydrogens (tertiary/aromatic N) is 2. The summed E-state index contributed by atoms with van der Waals surface area (Å²) in [5.41, 5.74) is 5.80. The first kappa shape index (κ1) is 27.6. The lowest BCUT2D eigenvalue weighted by molar-refractivity contribution is -0.139. The lowest BCUT2D eigenvalue weighted by Gasteiger charge is -2.16. The second-order valence-electron chi connectivity index (χ2n) is 6.95. The summed E-state index contributed by atoms with van der Waals surface area (Å²) in [6.45, 7) is 0.150. The third kappa shape index (κ3) is 8.64. The lowest BCUT2D eigenvalue weighted by atomic mass is 10.1. The average molecular weight is 500 g/mol. The van der Waals surface area contributed by atoms with E-state index in [2.05, 4.69) is 10.2 Å². The Balaban J connectivity index is 1.99. The fraction of sp³-hybridized carbons (Fsp3) is 0.391. The smallest absolute Gasteiger partial charge is 0.419 e. The summed E-state index contributed by atoms with van der Waals surface area (Å²) in [7, 11) is 1.59. The summed E-state index contributed by atoms with van der Waals surface area (Å²) in [5, 5.41) is 16.8. The minimum absolute atomic E-state index is 0.0405. The zero-order chi connectivity index (χ0) is 25.0. The van der Waals surface area contributed by atoms with Crippen LogP contribution in [0.3, 0.4) is 0 Å². The molecular formula is C23H28F3N3O4S. The maximum atomic E-state index is 13.6. The van der Waals surface area contributed by atoms with E-state index in [1.165, 1.54) is 18.3 Å². The van der Waals surface area contributed by atoms with Crippen molar-refractivity contribution in [3.05, 3.63) is 59.2 Å². The minimum Gasteiger partial charge on any atom is -0.496 e. The third-order valence-electron chi connectivity index (χ3n) is 4.54. The van der Waals surface area contributed by atoms with Gasteiger partial charge in [0, 0.05) is 11.8 Å². The molecule has 0 saturated heterocycles. The highest BCUT2D eigenvalue weighted by Crippen LogP contribution is 2.37. The highest BCUT2D eigenvalue weighted by molar-refractivity contribution is 8.13. The predicted octanol–water partition coefficient (Wildman–Crippen LogP) is 3.77. The van der Waals surface area contributed by atoms with Crippen molar-refractivity contribution in [2.75, 3.05) is 39.8 Å². The second kappa shape index (κ2) is 14.0. The molecule has 0 radical (unpaired) electrons. The van der Waals surface area contributed by atoms with Crippen LogP contribution in [-0.2, 0) is 17.3 Å². The lowest BCUT2D eigenvalue weighted by Crippen LogP contribution is -2.25. The van der Waals surface area contributed by atoms with Gasteiger partial charge in [-0.25, -0.2) is 0 Å². The number of aliphatic hydroxyl groups is 1. The molecule has 0 aliphatic heterocycles. The van der Waals surface area contributed by atoms with Crippen molar-refractivity contribution in [1.29, 1.82) is 0 Å². The van der Waals surface area contributed by atoms with Crippen molar-refractivity contribution in [3.63, 3.8) is 0 Å². The van der Waals surface area contributed by atoms with Gasteiger partial charge in [-0.15, -0.1) is 16.9 Å². The van der Waals surface area contributed by atoms with Crippen molar-refractivity contribution in [2.24, 2.45) is 15.9 Å². The van der Waals surface area contributed by atoms with Crippen LogP contribution in [0.4, 0.5) is 13.2 Å². The Morgan fingerprint density at radius 3 is 2.59 bits per heavy atom. The molecule has 0 fully saturated rings. The van der Waals surface area contributed by atoms with Crippen LogP contribution in [0.25, 0.3) is 0 Å². The molecule has 2 aromatic carbocycles. The zero-order valence-corrected chi connectivity index (χ0v) is 19.7. The van der Waals surface area contributed by atoms with Crippen molar-refractivity contribution >= 4 is 23.0 Å². The molecule has 2 aromatic rings. The number of para-hydroxylation sites is 1. The Morgan fingerprint density at radius 2 is 1.91 bits per heavy atom. The molecule has 0 aliphatic carbocycles. The molecule has 3 N–H and O–H groups in total. The maximum absolute atomic E-state index is 13.6. The molecule has 0 amide bonds. The van der Waals surface area contributed by atoms with E-state index in [0.717, 1.165) is 29.1 Å². The SMILES string of the molecule is COc1ccccc1CCOCCOc1ccc(/C(=N/N=C/C(N)CO)SC)cc1C(F)(F)F. The van der Waals surface area contributed by atoms with Gasteiger partial charge in [0.25, 0.3) is 0 Å². The third-order valence-corrected chi connectivity index (χ3v) is 5.24. The van der Waals surface area contributed by atoms with Crippen molar-refractivity contribution in [1.82, 2.24) is 0 Å². The first-order valence-electron chi connectivity index (χ1n) is 10.4. The predicted molar refractivity (Wildman–Crippen MR) is 128 cm³/mol. The quantitative estimate of drug-likeness (QED) is 0.200. The molecule has 186 valence electrons. The molecule has 1 atom stereocenters. The molecule has 0 heterocycles. The van der Waals surface area contributed by atoms with Gasteiger partial charge in [0.2, 0.25) is 0 Å². The number of benzene rings is 2. The van der Waals surface area contributed by atoms with Gasteiger partial charge in [-0.1, -0.05) is 18.2 Å². The highest BCUT2D eigenvalue weighted by atomic mass is 32.2. The monoisotopic (exact) mass is 499 g/mol. The fourth-order valence-electron chi connectivity index (χ4n) is 2.85. The fourth-order valence-corrected chi connectivity index (χ4v) is 3.34. The van der Waals surface area contributed by atoms with Gasteiger partial charge < -0.3 is 25.1 Å². The van der Waals surface area contributed by atoms with Gasteiger partial charge in [0.1, 0.15) is 23.1 Å². The molecule has 0 aromatic heterocycles. The van der Waals surface area contributed by atoms with Crippen LogP contribution in [0.2, 0.25) is 0 Å². The second-order valence-corrected chi connectivity index (χ2v) is 7.75. The molecule has 7 nitrogen and oxygen atoms in total. The van der Waals surface area contributed by atoms with Crippen LogP contribution in [0.1, 0.15) is 16.7 Å². The van der Waals surface area contributed by atoms with Gasteiger partial charge in [-0.3, -0.25) is 0 Å². The van der Waals surface area contributed by atoms with E-state index >= 15 is 0 Å². The first-order valence-corrected chi connectivity index (χ1v) is 11.6. The first-order chi connectivity index (χ1) is 16.3. The summed E-state index contributed by atoms with van der Waals surface area (Å²) in [6, 6.07) is 10.5. The van der Waals surface area contributed by atoms with E-state index in [4.69, 9.17) is 25.1 Å². The Kier molecular flexibility index (Phi) is 11.3. The van der Waals surface area contributed by atoms with E-state index in [0.29, 0.717) is 13.0 Å². The number of alkyl halides is 3. The Hall–Kier alpha value is -2.60. The van der Waals surface area contributed by atoms with E-state index in [1.54, 1.807) is 13.4 Å². The number of nitrogens with two attached hydrogens (primary N) is 1. The van der Waals surface area contributed by atoms with Gasteiger partial charge in [0.05, 0.1) is 38.5 Å². The maximum Gasteiger partial charge on any atom is 0.419 e. The molecule has 0 aliphatic rings. The Morgan fingerprint density at radius 1 is 1.15 bits per heavy atom. The van der Waals surface area contributed by atoms with Crippen molar-refractivity contribution in [2.45, 2.75) is 18.6 Å². The standard InChI is InChI=1S/C23H28F3N3O4S/c1-31-20-6-4-3-5-16(20)9-10-32-11-12-33-21-8-7-17(13-19(21)23(24,25)26)22(34-2)29-28-14-18(27)15-30/h3-8,13-14,18,30H,9-12,15,27H2,1-2H3/b28-14+,29-22-. The largest absolute Gasteiger partial charge is 0.496 e. The van der Waals surface area contributed by atoms with Gasteiger partial charge in [-0.05, 0) is 42.5 Å². The van der Waals surface area contributed by atoms with E-state index in [-0.39, 0.29) is 36.2 Å². The summed E-state index contributed by atoms with van der Waals surface area (Å²) in [5.74, 6) is 0.461. The molecule has 2 rings (SSSR count). The van der Waals surface area contributed by atoms with E-state index in [9.17, 15) is 13.2 Å². The van der Waals surface area contributed by atoms with Crippen LogP contribution in [0.5, 0.6) is 11.5 Å². The number of ether oxygens (including phenoxy) is 3. The molecule has 1 unspecified atom stereocenters. The Labute approximate surface area is 200 Å². The summed E-state index contributed by atoms with van der Waals surface area (Å²) in [6.07, 6.45) is -1.14. The number of methoxy groups -OCH3 is 1. The van der Waals surface area contributed by atoms with Crippen LogP contribution >= 0.6 is 11.8 Å². The summed E-state index contributed by atoms with van der Waals surface area (Å²) < 4.78 is 57.1. The highest BCUT2D eigenvalue weighted by Gasteiger charge is 2.35. The molecule has 34 heavy (non-hydrogen) atoms. The summed E-state index contributed by atoms with van der Waals surface area (Å²) in [4.78, 5) is 0. The number of halogens is 3. The average Bonchev–Trinajstić information content (AvgIpc) is 2.83. The molecule has 0 bridgehead atoms. The number of hydrogen-bond acceptors (Lipinski definition) is 8.